The number of H-pyrrole nitrogens is 1. The molecule has 1 amide bonds. The predicted molar refractivity (Wildman–Crippen MR) is 164 cm³/mol. The third-order valence-electron chi connectivity index (χ3n) is 5.92. The number of para-hydroxylation sites is 1. The van der Waals surface area contributed by atoms with Gasteiger partial charge in [0.2, 0.25) is 0 Å². The van der Waals surface area contributed by atoms with E-state index in [0.717, 1.165) is 30.1 Å². The van der Waals surface area contributed by atoms with Gasteiger partial charge in [0.05, 0.1) is 24.4 Å². The summed E-state index contributed by atoms with van der Waals surface area (Å²) in [5, 5.41) is 5.11. The predicted octanol–water partition coefficient (Wildman–Crippen LogP) is 7.19. The molecule has 0 atom stereocenters. The van der Waals surface area contributed by atoms with E-state index >= 15 is 0 Å². The lowest BCUT2D eigenvalue weighted by atomic mass is 10.0. The third kappa shape index (κ3) is 5.89. The number of carbonyl (C=O) groups excluding carboxylic acids is 2. The fraction of sp³-hybridized carbons (Fsp3) is 0.0333. The summed E-state index contributed by atoms with van der Waals surface area (Å²) in [6.07, 6.45) is 1.50. The molecule has 0 aliphatic carbocycles. The second-order valence-corrected chi connectivity index (χ2v) is 10.5. The number of methoxy groups -OCH3 is 1. The van der Waals surface area contributed by atoms with Crippen LogP contribution >= 0.6 is 38.5 Å². The number of halogens is 2. The highest BCUT2D eigenvalue weighted by Gasteiger charge is 2.20. The molecule has 9 heteroatoms. The molecular weight excluding hydrogens is 673 g/mol. The van der Waals surface area contributed by atoms with Gasteiger partial charge in [-0.3, -0.25) is 4.79 Å². The number of amides is 1. The SMILES string of the molecule is COc1cc(C=NNC(=O)c2[nH]c3c(I)cccc3c2-c2ccccc2)ccc1OC(=O)c1ccc(Br)cc1. The summed E-state index contributed by atoms with van der Waals surface area (Å²) in [4.78, 5) is 29.0. The number of rotatable bonds is 7. The molecule has 0 aliphatic rings. The number of esters is 1. The lowest BCUT2D eigenvalue weighted by Crippen LogP contribution is -2.18. The van der Waals surface area contributed by atoms with Gasteiger partial charge in [-0.1, -0.05) is 58.4 Å². The van der Waals surface area contributed by atoms with E-state index in [0.29, 0.717) is 22.6 Å². The minimum absolute atomic E-state index is 0.270. The average Bonchev–Trinajstić information content (AvgIpc) is 3.35. The highest BCUT2D eigenvalue weighted by atomic mass is 127. The van der Waals surface area contributed by atoms with Crippen LogP contribution in [0.15, 0.2) is 101 Å². The molecule has 7 nitrogen and oxygen atoms in total. The minimum Gasteiger partial charge on any atom is -0.493 e. The maximum atomic E-state index is 13.2. The van der Waals surface area contributed by atoms with Gasteiger partial charge in [0, 0.05) is 19.0 Å². The standard InChI is InChI=1S/C30H21BrIN3O4/c1-38-25-16-18(10-15-24(25)39-30(37)20-11-13-21(31)14-12-20)17-33-35-29(36)28-26(19-6-3-2-4-7-19)22-8-5-9-23(32)27(22)34-28/h2-17,34H,1H3,(H,35,36). The summed E-state index contributed by atoms with van der Waals surface area (Å²) in [6.45, 7) is 0. The summed E-state index contributed by atoms with van der Waals surface area (Å²) < 4.78 is 12.8. The highest BCUT2D eigenvalue weighted by molar-refractivity contribution is 14.1. The van der Waals surface area contributed by atoms with E-state index < -0.39 is 5.97 Å². The Hall–Kier alpha value is -3.96. The first-order valence-corrected chi connectivity index (χ1v) is 13.7. The lowest BCUT2D eigenvalue weighted by molar-refractivity contribution is 0.0729. The van der Waals surface area contributed by atoms with Crippen LogP contribution in [0.5, 0.6) is 11.5 Å². The van der Waals surface area contributed by atoms with Gasteiger partial charge < -0.3 is 14.5 Å². The van der Waals surface area contributed by atoms with Crippen molar-refractivity contribution in [3.8, 4) is 22.6 Å². The number of hydrogen-bond donors (Lipinski definition) is 2. The number of ether oxygens (including phenoxy) is 2. The molecular formula is C30H21BrIN3O4. The van der Waals surface area contributed by atoms with E-state index in [4.69, 9.17) is 9.47 Å². The molecule has 0 fully saturated rings. The number of benzene rings is 4. The van der Waals surface area contributed by atoms with Gasteiger partial charge in [0.15, 0.2) is 11.5 Å². The monoisotopic (exact) mass is 693 g/mol. The van der Waals surface area contributed by atoms with Gasteiger partial charge in [0.25, 0.3) is 5.91 Å². The Balaban J connectivity index is 1.35. The number of fused-ring (bicyclic) bond motifs is 1. The largest absolute Gasteiger partial charge is 0.493 e. The van der Waals surface area contributed by atoms with Gasteiger partial charge in [0.1, 0.15) is 5.69 Å². The van der Waals surface area contributed by atoms with Crippen molar-refractivity contribution in [1.29, 1.82) is 0 Å². The van der Waals surface area contributed by atoms with E-state index in [1.807, 2.05) is 48.5 Å². The molecule has 1 aromatic heterocycles. The normalized spacial score (nSPS) is 11.1. The summed E-state index contributed by atoms with van der Waals surface area (Å²) in [5.41, 5.74) is 6.73. The molecule has 0 aliphatic heterocycles. The summed E-state index contributed by atoms with van der Waals surface area (Å²) >= 11 is 5.60. The van der Waals surface area contributed by atoms with Gasteiger partial charge in [-0.15, -0.1) is 0 Å². The molecule has 1 heterocycles. The molecule has 4 aromatic carbocycles. The van der Waals surface area contributed by atoms with Crippen LogP contribution in [0.3, 0.4) is 0 Å². The van der Waals surface area contributed by atoms with E-state index in [-0.39, 0.29) is 11.7 Å². The van der Waals surface area contributed by atoms with Crippen molar-refractivity contribution in [2.24, 2.45) is 5.10 Å². The molecule has 0 saturated heterocycles. The van der Waals surface area contributed by atoms with Crippen molar-refractivity contribution in [2.45, 2.75) is 0 Å². The number of aromatic nitrogens is 1. The van der Waals surface area contributed by atoms with Crippen molar-refractivity contribution in [3.05, 3.63) is 116 Å². The highest BCUT2D eigenvalue weighted by Crippen LogP contribution is 2.34. The summed E-state index contributed by atoms with van der Waals surface area (Å²) in [6, 6.07) is 27.6. The number of carbonyl (C=O) groups is 2. The quantitative estimate of drug-likeness (QED) is 0.0621. The fourth-order valence-electron chi connectivity index (χ4n) is 4.07. The summed E-state index contributed by atoms with van der Waals surface area (Å²) in [5.74, 6) is -0.250. The lowest BCUT2D eigenvalue weighted by Gasteiger charge is -2.10. The van der Waals surface area contributed by atoms with Crippen LogP contribution in [0, 0.1) is 3.57 Å². The Morgan fingerprint density at radius 1 is 0.949 bits per heavy atom. The molecule has 194 valence electrons. The Morgan fingerprint density at radius 3 is 2.46 bits per heavy atom. The number of nitrogens with zero attached hydrogens (tertiary/aromatic N) is 1. The number of nitrogens with one attached hydrogen (secondary N) is 2. The first-order chi connectivity index (χ1) is 18.9. The Labute approximate surface area is 246 Å². The van der Waals surface area contributed by atoms with Gasteiger partial charge in [-0.05, 0) is 82.2 Å². The van der Waals surface area contributed by atoms with Crippen LogP contribution in [0.1, 0.15) is 26.4 Å². The van der Waals surface area contributed by atoms with Gasteiger partial charge in [-0.25, -0.2) is 10.2 Å². The van der Waals surface area contributed by atoms with Crippen LogP contribution < -0.4 is 14.9 Å². The number of hydrazone groups is 1. The second kappa shape index (κ2) is 11.8. The molecule has 0 saturated carbocycles. The topological polar surface area (TPSA) is 92.8 Å². The Morgan fingerprint density at radius 2 is 1.72 bits per heavy atom. The first-order valence-electron chi connectivity index (χ1n) is 11.8. The van der Waals surface area contributed by atoms with Crippen LogP contribution in [-0.4, -0.2) is 30.2 Å². The number of aromatic amines is 1. The van der Waals surface area contributed by atoms with Crippen LogP contribution in [0.2, 0.25) is 0 Å². The fourth-order valence-corrected chi connectivity index (χ4v) is 4.97. The molecule has 2 N–H and O–H groups in total. The van der Waals surface area contributed by atoms with Crippen LogP contribution in [0.4, 0.5) is 0 Å². The smallest absolute Gasteiger partial charge is 0.343 e. The summed E-state index contributed by atoms with van der Waals surface area (Å²) in [7, 11) is 1.48. The Bertz CT molecular complexity index is 1700. The van der Waals surface area contributed by atoms with E-state index in [1.165, 1.54) is 13.3 Å². The minimum atomic E-state index is -0.503. The van der Waals surface area contributed by atoms with Gasteiger partial charge in [-0.2, -0.15) is 5.10 Å². The molecule has 0 spiro atoms. The zero-order valence-electron chi connectivity index (χ0n) is 20.6. The first kappa shape index (κ1) is 26.6. The van der Waals surface area contributed by atoms with Crippen molar-refractivity contribution < 1.29 is 19.1 Å². The molecule has 39 heavy (non-hydrogen) atoms. The molecule has 5 rings (SSSR count). The molecule has 0 radical (unpaired) electrons. The molecule has 0 bridgehead atoms. The zero-order chi connectivity index (χ0) is 27.4. The van der Waals surface area contributed by atoms with Crippen molar-refractivity contribution in [1.82, 2.24) is 10.4 Å². The Kier molecular flexibility index (Phi) is 8.08. The van der Waals surface area contributed by atoms with Crippen molar-refractivity contribution in [2.75, 3.05) is 7.11 Å². The van der Waals surface area contributed by atoms with E-state index in [2.05, 4.69) is 54.0 Å². The van der Waals surface area contributed by atoms with E-state index in [1.54, 1.807) is 42.5 Å². The maximum Gasteiger partial charge on any atom is 0.343 e. The zero-order valence-corrected chi connectivity index (χ0v) is 24.3. The van der Waals surface area contributed by atoms with E-state index in [9.17, 15) is 9.59 Å². The molecule has 0 unspecified atom stereocenters. The van der Waals surface area contributed by atoms with Gasteiger partial charge >= 0.3 is 5.97 Å². The molecule has 5 aromatic rings. The maximum absolute atomic E-state index is 13.2. The second-order valence-electron chi connectivity index (χ2n) is 8.41. The van der Waals surface area contributed by atoms with Crippen molar-refractivity contribution in [3.63, 3.8) is 0 Å². The third-order valence-corrected chi connectivity index (χ3v) is 7.35. The van der Waals surface area contributed by atoms with Crippen LogP contribution in [0.25, 0.3) is 22.0 Å². The average molecular weight is 694 g/mol. The van der Waals surface area contributed by atoms with Crippen molar-refractivity contribution >= 4 is 67.5 Å². The number of hydrogen-bond acceptors (Lipinski definition) is 5. The van der Waals surface area contributed by atoms with Crippen LogP contribution in [-0.2, 0) is 0 Å².